The van der Waals surface area contributed by atoms with Crippen LogP contribution in [0.5, 0.6) is 0 Å². The fraction of sp³-hybridized carbons (Fsp3) is 0.500. The number of hydrogen-bond acceptors (Lipinski definition) is 4. The predicted molar refractivity (Wildman–Crippen MR) is 145 cm³/mol. The van der Waals surface area contributed by atoms with Crippen LogP contribution in [0.3, 0.4) is 0 Å². The first-order chi connectivity index (χ1) is 17.6. The predicted octanol–water partition coefficient (Wildman–Crippen LogP) is 5.56. The van der Waals surface area contributed by atoms with Crippen LogP contribution in [0.25, 0.3) is 0 Å². The summed E-state index contributed by atoms with van der Waals surface area (Å²) >= 11 is 6.39. The summed E-state index contributed by atoms with van der Waals surface area (Å²) in [6.07, 6.45) is 2.21. The van der Waals surface area contributed by atoms with E-state index in [1.165, 1.54) is 0 Å². The van der Waals surface area contributed by atoms with E-state index in [0.717, 1.165) is 30.6 Å². The molecule has 2 saturated heterocycles. The lowest BCUT2D eigenvalue weighted by Gasteiger charge is -2.31. The van der Waals surface area contributed by atoms with Gasteiger partial charge in [-0.25, -0.2) is 0 Å². The Bertz CT molecular complexity index is 1200. The van der Waals surface area contributed by atoms with Gasteiger partial charge < -0.3 is 23.8 Å². The summed E-state index contributed by atoms with van der Waals surface area (Å²) in [6, 6.07) is 13.1. The zero-order valence-corrected chi connectivity index (χ0v) is 23.3. The SMILES string of the molecule is C[C@@H]1[C@@H]([Si](C)(C)F)[C@H](CCO)O[C@@]12C(=O)N(Cc1ccc(N3CCCCC3=O)cc1)c1ccc(Cl)cc12. The highest BCUT2D eigenvalue weighted by Gasteiger charge is 2.66. The third-order valence-electron chi connectivity index (χ3n) is 8.25. The highest BCUT2D eigenvalue weighted by atomic mass is 35.5. The second kappa shape index (κ2) is 9.80. The van der Waals surface area contributed by atoms with E-state index >= 15 is 4.11 Å². The number of piperidine rings is 1. The minimum absolute atomic E-state index is 0.138. The van der Waals surface area contributed by atoms with Crippen LogP contribution in [-0.2, 0) is 26.5 Å². The molecule has 3 aliphatic heterocycles. The van der Waals surface area contributed by atoms with Gasteiger partial charge in [-0.15, -0.1) is 0 Å². The summed E-state index contributed by atoms with van der Waals surface area (Å²) < 4.78 is 22.1. The van der Waals surface area contributed by atoms with Gasteiger partial charge in [-0.3, -0.25) is 9.59 Å². The average Bonchev–Trinajstić information content (AvgIpc) is 3.27. The van der Waals surface area contributed by atoms with Crippen molar-refractivity contribution in [2.45, 2.75) is 69.5 Å². The summed E-state index contributed by atoms with van der Waals surface area (Å²) in [4.78, 5) is 30.1. The van der Waals surface area contributed by atoms with Crippen molar-refractivity contribution in [3.63, 3.8) is 0 Å². The Hall–Kier alpha value is -2.26. The van der Waals surface area contributed by atoms with E-state index in [-0.39, 0.29) is 24.8 Å². The van der Waals surface area contributed by atoms with Crippen molar-refractivity contribution in [2.75, 3.05) is 23.0 Å². The molecule has 1 spiro atoms. The molecule has 9 heteroatoms. The van der Waals surface area contributed by atoms with E-state index < -0.39 is 31.6 Å². The largest absolute Gasteiger partial charge is 0.396 e. The van der Waals surface area contributed by atoms with Crippen molar-refractivity contribution in [1.82, 2.24) is 0 Å². The molecule has 0 aromatic heterocycles. The van der Waals surface area contributed by atoms with E-state index in [9.17, 15) is 14.7 Å². The number of nitrogens with zero attached hydrogens (tertiary/aromatic N) is 2. The van der Waals surface area contributed by atoms with Gasteiger partial charge in [0.05, 0.1) is 18.3 Å². The van der Waals surface area contributed by atoms with Gasteiger partial charge >= 0.3 is 0 Å². The Morgan fingerprint density at radius 3 is 2.54 bits per heavy atom. The Labute approximate surface area is 223 Å². The number of carbonyl (C=O) groups is 2. The molecule has 3 aliphatic rings. The summed E-state index contributed by atoms with van der Waals surface area (Å²) in [6.45, 7) is 6.08. The molecule has 2 amide bonds. The maximum absolute atomic E-state index is 15.6. The Morgan fingerprint density at radius 2 is 1.89 bits per heavy atom. The summed E-state index contributed by atoms with van der Waals surface area (Å²) in [5, 5.41) is 10.2. The maximum atomic E-state index is 15.6. The molecule has 2 aromatic carbocycles. The Balaban J connectivity index is 1.49. The molecule has 0 saturated carbocycles. The molecule has 6 nitrogen and oxygen atoms in total. The molecule has 4 atom stereocenters. The normalized spacial score (nSPS) is 27.9. The zero-order valence-electron chi connectivity index (χ0n) is 21.5. The van der Waals surface area contributed by atoms with Crippen molar-refractivity contribution in [3.05, 3.63) is 58.6 Å². The van der Waals surface area contributed by atoms with Crippen molar-refractivity contribution < 1.29 is 23.5 Å². The first-order valence-corrected chi connectivity index (χ1v) is 16.4. The molecule has 37 heavy (non-hydrogen) atoms. The highest BCUT2D eigenvalue weighted by Crippen LogP contribution is 2.60. The van der Waals surface area contributed by atoms with Crippen molar-refractivity contribution in [1.29, 1.82) is 0 Å². The summed E-state index contributed by atoms with van der Waals surface area (Å²) in [5.41, 5.74) is 1.35. The number of anilines is 2. The second-order valence-electron chi connectivity index (χ2n) is 11.0. The number of carbonyl (C=O) groups excluding carboxylic acids is 2. The van der Waals surface area contributed by atoms with Crippen LogP contribution in [0.15, 0.2) is 42.5 Å². The van der Waals surface area contributed by atoms with E-state index in [1.54, 1.807) is 30.1 Å². The maximum Gasteiger partial charge on any atom is 0.264 e. The Kier molecular flexibility index (Phi) is 6.98. The van der Waals surface area contributed by atoms with E-state index in [1.807, 2.05) is 42.2 Å². The van der Waals surface area contributed by atoms with E-state index in [0.29, 0.717) is 29.2 Å². The van der Waals surface area contributed by atoms with Gasteiger partial charge in [0.2, 0.25) is 14.3 Å². The lowest BCUT2D eigenvalue weighted by atomic mass is 9.82. The number of aliphatic hydroxyl groups is 1. The van der Waals surface area contributed by atoms with Crippen molar-refractivity contribution in [3.8, 4) is 0 Å². The van der Waals surface area contributed by atoms with Crippen molar-refractivity contribution >= 4 is 43.2 Å². The van der Waals surface area contributed by atoms with Crippen LogP contribution >= 0.6 is 11.6 Å². The van der Waals surface area contributed by atoms with Gasteiger partial charge in [0.25, 0.3) is 5.91 Å². The van der Waals surface area contributed by atoms with Gasteiger partial charge in [0, 0.05) is 47.3 Å². The number of fused-ring (bicyclic) bond motifs is 2. The molecule has 5 rings (SSSR count). The second-order valence-corrected chi connectivity index (χ2v) is 15.2. The third kappa shape index (κ3) is 4.41. The smallest absolute Gasteiger partial charge is 0.264 e. The molecular weight excluding hydrogens is 511 g/mol. The van der Waals surface area contributed by atoms with Crippen LogP contribution in [0.2, 0.25) is 23.7 Å². The number of hydrogen-bond donors (Lipinski definition) is 1. The fourth-order valence-electron chi connectivity index (χ4n) is 6.62. The molecule has 0 unspecified atom stereocenters. The summed E-state index contributed by atoms with van der Waals surface area (Å²) in [5.74, 6) is -0.505. The number of ether oxygens (including phenoxy) is 1. The van der Waals surface area contributed by atoms with E-state index in [2.05, 4.69) is 0 Å². The van der Waals surface area contributed by atoms with E-state index in [4.69, 9.17) is 16.3 Å². The van der Waals surface area contributed by atoms with Gasteiger partial charge in [-0.1, -0.05) is 30.7 Å². The molecule has 1 N–H and O–H groups in total. The van der Waals surface area contributed by atoms with Gasteiger partial charge in [-0.05, 0) is 68.3 Å². The fourth-order valence-corrected chi connectivity index (χ4v) is 9.33. The first kappa shape index (κ1) is 26.3. The molecule has 2 fully saturated rings. The quantitative estimate of drug-likeness (QED) is 0.382. The van der Waals surface area contributed by atoms with Crippen LogP contribution in [-0.4, -0.2) is 44.6 Å². The first-order valence-electron chi connectivity index (χ1n) is 13.1. The zero-order chi connectivity index (χ0) is 26.5. The van der Waals surface area contributed by atoms with Gasteiger partial charge in [0.15, 0.2) is 5.60 Å². The lowest BCUT2D eigenvalue weighted by Crippen LogP contribution is -2.45. The lowest BCUT2D eigenvalue weighted by molar-refractivity contribution is -0.146. The van der Waals surface area contributed by atoms with Gasteiger partial charge in [-0.2, -0.15) is 0 Å². The molecule has 3 heterocycles. The number of benzene rings is 2. The minimum Gasteiger partial charge on any atom is -0.396 e. The Morgan fingerprint density at radius 1 is 1.16 bits per heavy atom. The monoisotopic (exact) mass is 544 g/mol. The van der Waals surface area contributed by atoms with Crippen LogP contribution in [0, 0.1) is 5.92 Å². The average molecular weight is 545 g/mol. The van der Waals surface area contributed by atoms with Crippen LogP contribution in [0.1, 0.15) is 43.7 Å². The molecule has 0 radical (unpaired) electrons. The molecule has 0 aliphatic carbocycles. The van der Waals surface area contributed by atoms with Crippen LogP contribution in [0.4, 0.5) is 15.5 Å². The minimum atomic E-state index is -3.24. The van der Waals surface area contributed by atoms with Crippen LogP contribution < -0.4 is 9.80 Å². The van der Waals surface area contributed by atoms with Gasteiger partial charge in [0.1, 0.15) is 0 Å². The number of aliphatic hydroxyl groups excluding tert-OH is 1. The number of rotatable bonds is 6. The number of amides is 2. The molecule has 0 bridgehead atoms. The highest BCUT2D eigenvalue weighted by molar-refractivity contribution is 6.72. The standard InChI is InChI=1S/C28H34ClFN2O4Si/c1-18-26(37(2,3)30)24(13-15-33)36-28(18)22-16-20(29)9-12-23(22)32(27(28)35)17-19-7-10-21(11-8-19)31-14-5-4-6-25(31)34/h7-12,16,18,24,26,33H,4-6,13-15,17H2,1-3H3/t18-,24+,26-,28+/m1/s1. The molecule has 198 valence electrons. The number of halogens is 2. The topological polar surface area (TPSA) is 70.1 Å². The summed E-state index contributed by atoms with van der Waals surface area (Å²) in [7, 11) is -3.24. The third-order valence-corrected chi connectivity index (χ3v) is 10.9. The molecule has 2 aromatic rings. The van der Waals surface area contributed by atoms with Crippen molar-refractivity contribution in [2.24, 2.45) is 5.92 Å². The molecular formula is C28H34ClFN2O4Si.